The Morgan fingerprint density at radius 1 is 1.30 bits per heavy atom. The van der Waals surface area contributed by atoms with Gasteiger partial charge in [-0.05, 0) is 44.9 Å². The van der Waals surface area contributed by atoms with Crippen molar-refractivity contribution in [2.24, 2.45) is 5.41 Å². The fraction of sp³-hybridized carbons (Fsp3) is 0.471. The number of carbonyl (C=O) groups excluding carboxylic acids is 2. The molecule has 6 nitrogen and oxygen atoms in total. The van der Waals surface area contributed by atoms with Crippen LogP contribution in [-0.2, 0) is 4.79 Å². The zero-order valence-electron chi connectivity index (χ0n) is 13.7. The highest BCUT2D eigenvalue weighted by Crippen LogP contribution is 2.26. The van der Waals surface area contributed by atoms with Crippen LogP contribution in [0.5, 0.6) is 5.75 Å². The predicted octanol–water partition coefficient (Wildman–Crippen LogP) is 2.42. The number of amides is 2. The summed E-state index contributed by atoms with van der Waals surface area (Å²) < 4.78 is 5.26. The topological polar surface area (TPSA) is 82.4 Å². The van der Waals surface area contributed by atoms with Crippen molar-refractivity contribution in [2.45, 2.75) is 26.7 Å². The van der Waals surface area contributed by atoms with Crippen molar-refractivity contribution in [3.05, 3.63) is 23.8 Å². The monoisotopic (exact) mass is 315 g/mol. The second-order valence-electron chi connectivity index (χ2n) is 6.11. The van der Waals surface area contributed by atoms with Crippen LogP contribution in [0.15, 0.2) is 18.2 Å². The molecule has 2 amide bonds. The van der Waals surface area contributed by atoms with Crippen molar-refractivity contribution in [1.29, 1.82) is 5.26 Å². The Balaban J connectivity index is 2.27. The van der Waals surface area contributed by atoms with Gasteiger partial charge in [-0.3, -0.25) is 9.59 Å². The van der Waals surface area contributed by atoms with Crippen LogP contribution in [0.1, 0.15) is 37.0 Å². The van der Waals surface area contributed by atoms with E-state index in [1.54, 1.807) is 36.9 Å². The Labute approximate surface area is 136 Å². The minimum Gasteiger partial charge on any atom is -0.496 e. The van der Waals surface area contributed by atoms with Crippen LogP contribution in [0, 0.1) is 16.7 Å². The number of hydrogen-bond donors (Lipinski definition) is 1. The van der Waals surface area contributed by atoms with Crippen LogP contribution in [0.25, 0.3) is 0 Å². The standard InChI is InChI=1S/C17H21N3O3/c1-17(2,11-18)16(22)19-12-6-7-14(23-3)13(10-12)15(21)20-8-4-5-9-20/h6-7,10H,4-5,8-9H2,1-3H3,(H,19,22). The molecular formula is C17H21N3O3. The number of likely N-dealkylation sites (tertiary alicyclic amines) is 1. The van der Waals surface area contributed by atoms with E-state index in [1.807, 2.05) is 6.07 Å². The lowest BCUT2D eigenvalue weighted by atomic mass is 9.94. The third-order valence-electron chi connectivity index (χ3n) is 3.93. The Hall–Kier alpha value is -2.55. The number of methoxy groups -OCH3 is 1. The van der Waals surface area contributed by atoms with Gasteiger partial charge in [-0.25, -0.2) is 0 Å². The fourth-order valence-electron chi connectivity index (χ4n) is 2.38. The number of anilines is 1. The first kappa shape index (κ1) is 16.8. The Morgan fingerprint density at radius 2 is 1.96 bits per heavy atom. The van der Waals surface area contributed by atoms with E-state index in [1.165, 1.54) is 7.11 Å². The maximum atomic E-state index is 12.6. The van der Waals surface area contributed by atoms with Crippen LogP contribution < -0.4 is 10.1 Å². The Bertz CT molecular complexity index is 656. The second-order valence-corrected chi connectivity index (χ2v) is 6.11. The molecule has 0 aliphatic carbocycles. The van der Waals surface area contributed by atoms with Crippen LogP contribution in [0.2, 0.25) is 0 Å². The Kier molecular flexibility index (Phi) is 4.89. The molecule has 122 valence electrons. The first-order valence-corrected chi connectivity index (χ1v) is 7.59. The molecule has 1 aromatic carbocycles. The van der Waals surface area contributed by atoms with E-state index < -0.39 is 11.3 Å². The summed E-state index contributed by atoms with van der Waals surface area (Å²) in [5, 5.41) is 11.7. The van der Waals surface area contributed by atoms with Crippen LogP contribution in [-0.4, -0.2) is 36.9 Å². The summed E-state index contributed by atoms with van der Waals surface area (Å²) in [4.78, 5) is 26.5. The van der Waals surface area contributed by atoms with Crippen molar-refractivity contribution < 1.29 is 14.3 Å². The quantitative estimate of drug-likeness (QED) is 0.925. The molecule has 6 heteroatoms. The van der Waals surface area contributed by atoms with Crippen molar-refractivity contribution in [2.75, 3.05) is 25.5 Å². The highest BCUT2D eigenvalue weighted by molar-refractivity contribution is 6.01. The number of nitrogens with one attached hydrogen (secondary N) is 1. The Morgan fingerprint density at radius 3 is 2.52 bits per heavy atom. The molecule has 0 bridgehead atoms. The van der Waals surface area contributed by atoms with Gasteiger partial charge in [0.25, 0.3) is 5.91 Å². The van der Waals surface area contributed by atoms with Crippen molar-refractivity contribution >= 4 is 17.5 Å². The largest absolute Gasteiger partial charge is 0.496 e. The summed E-state index contributed by atoms with van der Waals surface area (Å²) in [7, 11) is 1.51. The minimum absolute atomic E-state index is 0.102. The molecule has 23 heavy (non-hydrogen) atoms. The number of hydrogen-bond acceptors (Lipinski definition) is 4. The molecule has 0 radical (unpaired) electrons. The summed E-state index contributed by atoms with van der Waals surface area (Å²) in [5.41, 5.74) is -0.248. The maximum Gasteiger partial charge on any atom is 0.257 e. The molecule has 1 aromatic rings. The third-order valence-corrected chi connectivity index (χ3v) is 3.93. The van der Waals surface area contributed by atoms with E-state index >= 15 is 0 Å². The SMILES string of the molecule is COc1ccc(NC(=O)C(C)(C)C#N)cc1C(=O)N1CCCC1. The zero-order chi connectivity index (χ0) is 17.0. The molecule has 0 aromatic heterocycles. The molecule has 1 aliphatic heterocycles. The molecule has 0 spiro atoms. The van der Waals surface area contributed by atoms with E-state index in [0.717, 1.165) is 25.9 Å². The highest BCUT2D eigenvalue weighted by Gasteiger charge is 2.28. The lowest BCUT2D eigenvalue weighted by Crippen LogP contribution is -2.30. The van der Waals surface area contributed by atoms with Crippen LogP contribution in [0.3, 0.4) is 0 Å². The average molecular weight is 315 g/mol. The van der Waals surface area contributed by atoms with Gasteiger partial charge < -0.3 is 15.0 Å². The molecule has 1 saturated heterocycles. The maximum absolute atomic E-state index is 12.6. The first-order chi connectivity index (χ1) is 10.9. The molecule has 1 aliphatic rings. The molecule has 0 saturated carbocycles. The number of benzene rings is 1. The average Bonchev–Trinajstić information content (AvgIpc) is 3.08. The molecule has 1 fully saturated rings. The second kappa shape index (κ2) is 6.69. The van der Waals surface area contributed by atoms with Crippen LogP contribution in [0.4, 0.5) is 5.69 Å². The highest BCUT2D eigenvalue weighted by atomic mass is 16.5. The smallest absolute Gasteiger partial charge is 0.257 e. The van der Waals surface area contributed by atoms with E-state index in [9.17, 15) is 9.59 Å². The van der Waals surface area contributed by atoms with Crippen molar-refractivity contribution in [1.82, 2.24) is 4.90 Å². The summed E-state index contributed by atoms with van der Waals surface area (Å²) in [6, 6.07) is 6.86. The predicted molar refractivity (Wildman–Crippen MR) is 86.2 cm³/mol. The number of ether oxygens (including phenoxy) is 1. The number of nitriles is 1. The molecular weight excluding hydrogens is 294 g/mol. The fourth-order valence-corrected chi connectivity index (χ4v) is 2.38. The van der Waals surface area contributed by atoms with Gasteiger partial charge in [0.15, 0.2) is 0 Å². The van der Waals surface area contributed by atoms with Gasteiger partial charge in [-0.1, -0.05) is 0 Å². The minimum atomic E-state index is -1.14. The molecule has 1 N–H and O–H groups in total. The summed E-state index contributed by atoms with van der Waals surface area (Å²) in [5.74, 6) is -0.0424. The molecule has 0 atom stereocenters. The van der Waals surface area contributed by atoms with E-state index in [0.29, 0.717) is 17.0 Å². The molecule has 2 rings (SSSR count). The first-order valence-electron chi connectivity index (χ1n) is 7.59. The van der Waals surface area contributed by atoms with Gasteiger partial charge in [0.1, 0.15) is 11.2 Å². The number of nitrogens with zero attached hydrogens (tertiary/aromatic N) is 2. The summed E-state index contributed by atoms with van der Waals surface area (Å²) in [6.45, 7) is 4.56. The zero-order valence-corrected chi connectivity index (χ0v) is 13.7. The van der Waals surface area contributed by atoms with Gasteiger partial charge in [-0.2, -0.15) is 5.26 Å². The van der Waals surface area contributed by atoms with Crippen molar-refractivity contribution in [3.8, 4) is 11.8 Å². The van der Waals surface area contributed by atoms with E-state index in [-0.39, 0.29) is 5.91 Å². The van der Waals surface area contributed by atoms with Gasteiger partial charge >= 0.3 is 0 Å². The van der Waals surface area contributed by atoms with E-state index in [4.69, 9.17) is 10.00 Å². The summed E-state index contributed by atoms with van der Waals surface area (Å²) in [6.07, 6.45) is 2.00. The van der Waals surface area contributed by atoms with Crippen LogP contribution >= 0.6 is 0 Å². The van der Waals surface area contributed by atoms with Gasteiger partial charge in [0, 0.05) is 18.8 Å². The summed E-state index contributed by atoms with van der Waals surface area (Å²) >= 11 is 0. The molecule has 1 heterocycles. The van der Waals surface area contributed by atoms with Gasteiger partial charge in [0.05, 0.1) is 18.7 Å². The number of carbonyl (C=O) groups is 2. The van der Waals surface area contributed by atoms with Crippen molar-refractivity contribution in [3.63, 3.8) is 0 Å². The van der Waals surface area contributed by atoms with E-state index in [2.05, 4.69) is 5.32 Å². The normalized spacial score (nSPS) is 14.3. The molecule has 0 unspecified atom stereocenters. The lowest BCUT2D eigenvalue weighted by molar-refractivity contribution is -0.121. The van der Waals surface area contributed by atoms with Gasteiger partial charge in [-0.15, -0.1) is 0 Å². The lowest BCUT2D eigenvalue weighted by Gasteiger charge is -2.19. The number of rotatable bonds is 4. The third kappa shape index (κ3) is 3.62. The van der Waals surface area contributed by atoms with Gasteiger partial charge in [0.2, 0.25) is 5.91 Å².